The highest BCUT2D eigenvalue weighted by atomic mass is 79.9. The molecule has 0 aromatic heterocycles. The van der Waals surface area contributed by atoms with Crippen molar-refractivity contribution in [2.75, 3.05) is 25.5 Å². The van der Waals surface area contributed by atoms with Gasteiger partial charge in [-0.1, -0.05) is 12.2 Å². The first-order valence-electron chi connectivity index (χ1n) is 5.70. The molecule has 0 saturated heterocycles. The van der Waals surface area contributed by atoms with E-state index in [4.69, 9.17) is 10.5 Å². The standard InChI is InChI=1S/C12H16Br2N2O3S/c1-8(2)7-19-4-3-16-20(17,18)12-10(13)5-9(15)6-11(12)14/h5-6,16H,1,3-4,7,15H2,2H3. The summed E-state index contributed by atoms with van der Waals surface area (Å²) in [6, 6.07) is 3.08. The molecule has 1 aromatic rings. The number of nitrogens with two attached hydrogens (primary N) is 1. The fourth-order valence-electron chi connectivity index (χ4n) is 1.40. The zero-order valence-electron chi connectivity index (χ0n) is 10.9. The van der Waals surface area contributed by atoms with E-state index in [0.717, 1.165) is 5.57 Å². The van der Waals surface area contributed by atoms with E-state index >= 15 is 0 Å². The third-order valence-corrected chi connectivity index (χ3v) is 5.51. The summed E-state index contributed by atoms with van der Waals surface area (Å²) in [5, 5.41) is 0. The van der Waals surface area contributed by atoms with Crippen LogP contribution in [0.5, 0.6) is 0 Å². The number of benzene rings is 1. The van der Waals surface area contributed by atoms with Gasteiger partial charge in [0.15, 0.2) is 0 Å². The zero-order valence-corrected chi connectivity index (χ0v) is 14.9. The van der Waals surface area contributed by atoms with E-state index in [-0.39, 0.29) is 18.0 Å². The molecule has 0 atom stereocenters. The van der Waals surface area contributed by atoms with Crippen LogP contribution in [0, 0.1) is 0 Å². The summed E-state index contributed by atoms with van der Waals surface area (Å²) in [7, 11) is -3.64. The monoisotopic (exact) mass is 426 g/mol. The van der Waals surface area contributed by atoms with Gasteiger partial charge in [-0.15, -0.1) is 0 Å². The second-order valence-electron chi connectivity index (χ2n) is 4.22. The van der Waals surface area contributed by atoms with Crippen LogP contribution in [0.1, 0.15) is 6.92 Å². The van der Waals surface area contributed by atoms with Crippen LogP contribution in [0.25, 0.3) is 0 Å². The summed E-state index contributed by atoms with van der Waals surface area (Å²) in [4.78, 5) is 0.117. The molecule has 8 heteroatoms. The number of anilines is 1. The quantitative estimate of drug-likeness (QED) is 0.398. The van der Waals surface area contributed by atoms with E-state index in [2.05, 4.69) is 43.2 Å². The third-order valence-electron chi connectivity index (χ3n) is 2.18. The highest BCUT2D eigenvalue weighted by Crippen LogP contribution is 2.32. The SMILES string of the molecule is C=C(C)COCCNS(=O)(=O)c1c(Br)cc(N)cc1Br. The second-order valence-corrected chi connectivity index (χ2v) is 7.63. The van der Waals surface area contributed by atoms with E-state index in [1.165, 1.54) is 12.1 Å². The summed E-state index contributed by atoms with van der Waals surface area (Å²) in [6.07, 6.45) is 0. The first-order chi connectivity index (χ1) is 9.24. The van der Waals surface area contributed by atoms with Crippen LogP contribution in [-0.2, 0) is 14.8 Å². The Bertz CT molecular complexity index is 580. The lowest BCUT2D eigenvalue weighted by Crippen LogP contribution is -2.28. The van der Waals surface area contributed by atoms with Gasteiger partial charge in [0.25, 0.3) is 0 Å². The van der Waals surface area contributed by atoms with Gasteiger partial charge in [-0.3, -0.25) is 0 Å². The van der Waals surface area contributed by atoms with Crippen LogP contribution in [0.4, 0.5) is 5.69 Å². The van der Waals surface area contributed by atoms with Crippen LogP contribution in [0.2, 0.25) is 0 Å². The van der Waals surface area contributed by atoms with Crippen LogP contribution in [0.3, 0.4) is 0 Å². The fourth-order valence-corrected chi connectivity index (χ4v) is 5.03. The topological polar surface area (TPSA) is 81.4 Å². The third kappa shape index (κ3) is 5.17. The maximum atomic E-state index is 12.2. The minimum Gasteiger partial charge on any atom is -0.399 e. The summed E-state index contributed by atoms with van der Waals surface area (Å²) in [5.74, 6) is 0. The molecule has 0 aliphatic rings. The van der Waals surface area contributed by atoms with Crippen LogP contribution in [0.15, 0.2) is 38.1 Å². The zero-order chi connectivity index (χ0) is 15.3. The van der Waals surface area contributed by atoms with Crippen LogP contribution >= 0.6 is 31.9 Å². The van der Waals surface area contributed by atoms with Gasteiger partial charge in [0, 0.05) is 21.2 Å². The second kappa shape index (κ2) is 7.56. The van der Waals surface area contributed by atoms with Gasteiger partial charge in [-0.2, -0.15) is 0 Å². The van der Waals surface area contributed by atoms with Crippen molar-refractivity contribution >= 4 is 47.6 Å². The van der Waals surface area contributed by atoms with E-state index < -0.39 is 10.0 Å². The highest BCUT2D eigenvalue weighted by molar-refractivity contribution is 9.11. The molecule has 0 heterocycles. The molecule has 0 saturated carbocycles. The molecule has 5 nitrogen and oxygen atoms in total. The number of hydrogen-bond donors (Lipinski definition) is 2. The maximum absolute atomic E-state index is 12.2. The number of ether oxygens (including phenoxy) is 1. The molecule has 0 radical (unpaired) electrons. The molecule has 0 unspecified atom stereocenters. The number of nitrogen functional groups attached to an aromatic ring is 1. The van der Waals surface area contributed by atoms with Crippen molar-refractivity contribution in [2.45, 2.75) is 11.8 Å². The van der Waals surface area contributed by atoms with Gasteiger partial charge < -0.3 is 10.5 Å². The van der Waals surface area contributed by atoms with Gasteiger partial charge in [-0.05, 0) is 50.9 Å². The lowest BCUT2D eigenvalue weighted by Gasteiger charge is -2.11. The van der Waals surface area contributed by atoms with E-state index in [1.54, 1.807) is 0 Å². The molecule has 0 bridgehead atoms. The molecule has 20 heavy (non-hydrogen) atoms. The molecule has 0 aliphatic carbocycles. The Morgan fingerprint density at radius 2 is 1.95 bits per heavy atom. The average molecular weight is 428 g/mol. The van der Waals surface area contributed by atoms with Crippen molar-refractivity contribution in [3.05, 3.63) is 33.2 Å². The Morgan fingerprint density at radius 1 is 1.40 bits per heavy atom. The smallest absolute Gasteiger partial charge is 0.242 e. The molecular weight excluding hydrogens is 412 g/mol. The largest absolute Gasteiger partial charge is 0.399 e. The first-order valence-corrected chi connectivity index (χ1v) is 8.77. The van der Waals surface area contributed by atoms with E-state index in [9.17, 15) is 8.42 Å². The number of rotatable bonds is 7. The minimum atomic E-state index is -3.64. The Morgan fingerprint density at radius 3 is 2.45 bits per heavy atom. The number of nitrogens with one attached hydrogen (secondary N) is 1. The van der Waals surface area contributed by atoms with Gasteiger partial charge >= 0.3 is 0 Å². The maximum Gasteiger partial charge on any atom is 0.242 e. The molecule has 0 aliphatic heterocycles. The molecule has 3 N–H and O–H groups in total. The van der Waals surface area contributed by atoms with E-state index in [0.29, 0.717) is 21.2 Å². The Labute approximate surface area is 135 Å². The van der Waals surface area contributed by atoms with Crippen molar-refractivity contribution < 1.29 is 13.2 Å². The average Bonchev–Trinajstić information content (AvgIpc) is 2.25. The number of sulfonamides is 1. The molecule has 0 fully saturated rings. The van der Waals surface area contributed by atoms with Gasteiger partial charge in [0.1, 0.15) is 4.90 Å². The van der Waals surface area contributed by atoms with Crippen LogP contribution < -0.4 is 10.5 Å². The minimum absolute atomic E-state index is 0.117. The summed E-state index contributed by atoms with van der Waals surface area (Å²) >= 11 is 6.41. The Kier molecular flexibility index (Phi) is 6.67. The van der Waals surface area contributed by atoms with Crippen LogP contribution in [-0.4, -0.2) is 28.2 Å². The molecule has 112 valence electrons. The molecule has 1 rings (SSSR count). The van der Waals surface area contributed by atoms with E-state index in [1.807, 2.05) is 6.92 Å². The van der Waals surface area contributed by atoms with Gasteiger partial charge in [0.2, 0.25) is 10.0 Å². The summed E-state index contributed by atoms with van der Waals surface area (Å²) < 4.78 is 32.9. The van der Waals surface area contributed by atoms with Gasteiger partial charge in [-0.25, -0.2) is 13.1 Å². The van der Waals surface area contributed by atoms with Gasteiger partial charge in [0.05, 0.1) is 13.2 Å². The van der Waals surface area contributed by atoms with Crippen molar-refractivity contribution in [3.63, 3.8) is 0 Å². The summed E-state index contributed by atoms with van der Waals surface area (Å²) in [5.41, 5.74) is 6.99. The summed E-state index contributed by atoms with van der Waals surface area (Å²) in [6.45, 7) is 6.40. The van der Waals surface area contributed by atoms with Crippen molar-refractivity contribution in [1.82, 2.24) is 4.72 Å². The van der Waals surface area contributed by atoms with Crippen molar-refractivity contribution in [1.29, 1.82) is 0 Å². The lowest BCUT2D eigenvalue weighted by molar-refractivity contribution is 0.162. The Balaban J connectivity index is 2.73. The predicted octanol–water partition coefficient (Wildman–Crippen LogP) is 2.66. The molecule has 0 spiro atoms. The van der Waals surface area contributed by atoms with Crippen molar-refractivity contribution in [2.24, 2.45) is 0 Å². The normalized spacial score (nSPS) is 11.6. The number of halogens is 2. The fraction of sp³-hybridized carbons (Fsp3) is 0.333. The highest BCUT2D eigenvalue weighted by Gasteiger charge is 2.21. The molecule has 1 aromatic carbocycles. The Hall–Kier alpha value is -0.410. The van der Waals surface area contributed by atoms with Crippen molar-refractivity contribution in [3.8, 4) is 0 Å². The lowest BCUT2D eigenvalue weighted by atomic mass is 10.3. The first kappa shape index (κ1) is 17.6. The number of hydrogen-bond acceptors (Lipinski definition) is 4. The molecule has 0 amide bonds. The molecular formula is C12H16Br2N2O3S. The predicted molar refractivity (Wildman–Crippen MR) is 87.1 cm³/mol.